The molecule has 1 aromatic heterocycles. The van der Waals surface area contributed by atoms with Gasteiger partial charge in [0.2, 0.25) is 0 Å². The van der Waals surface area contributed by atoms with E-state index in [1.165, 1.54) is 6.20 Å². The zero-order valence-electron chi connectivity index (χ0n) is 8.22. The van der Waals surface area contributed by atoms with Crippen LogP contribution >= 0.6 is 11.5 Å². The Labute approximate surface area is 91.7 Å². The number of nitrogens with one attached hydrogen (secondary N) is 1. The highest BCUT2D eigenvalue weighted by Gasteiger charge is 2.21. The van der Waals surface area contributed by atoms with Crippen LogP contribution in [0.4, 0.5) is 0 Å². The molecule has 0 spiro atoms. The average Bonchev–Trinajstić information content (AvgIpc) is 2.74. The Kier molecular flexibility index (Phi) is 3.27. The molecule has 0 radical (unpaired) electrons. The van der Waals surface area contributed by atoms with Gasteiger partial charge in [-0.15, -0.1) is 5.10 Å². The molecule has 1 heterocycles. The molecule has 1 aliphatic rings. The first-order chi connectivity index (χ1) is 7.25. The number of nitrogens with zero attached hydrogens (tertiary/aromatic N) is 2. The summed E-state index contributed by atoms with van der Waals surface area (Å²) in [4.78, 5) is 12.2. The molecule has 0 bridgehead atoms. The zero-order chi connectivity index (χ0) is 10.7. The summed E-state index contributed by atoms with van der Waals surface area (Å²) in [5.41, 5.74) is 0. The van der Waals surface area contributed by atoms with Crippen molar-refractivity contribution < 1.29 is 9.90 Å². The standard InChI is InChI=1S/C9H13N3O2S/c13-7-3-1-6(2-4-7)11-9(14)8-5-10-12-15-8/h5-7,13H,1-4H2,(H,11,14). The maximum Gasteiger partial charge on any atom is 0.264 e. The van der Waals surface area contributed by atoms with Crippen molar-refractivity contribution in [2.24, 2.45) is 0 Å². The third-order valence-corrected chi connectivity index (χ3v) is 3.28. The summed E-state index contributed by atoms with van der Waals surface area (Å²) in [6.07, 6.45) is 4.51. The van der Waals surface area contributed by atoms with Gasteiger partial charge in [-0.25, -0.2) is 0 Å². The summed E-state index contributed by atoms with van der Waals surface area (Å²) in [5.74, 6) is -0.105. The maximum atomic E-state index is 11.6. The number of hydrogen-bond acceptors (Lipinski definition) is 5. The van der Waals surface area contributed by atoms with Gasteiger partial charge in [-0.05, 0) is 37.2 Å². The van der Waals surface area contributed by atoms with Crippen molar-refractivity contribution in [2.75, 3.05) is 0 Å². The fourth-order valence-corrected chi connectivity index (χ4v) is 2.16. The molecule has 5 nitrogen and oxygen atoms in total. The van der Waals surface area contributed by atoms with E-state index >= 15 is 0 Å². The van der Waals surface area contributed by atoms with Gasteiger partial charge in [0.1, 0.15) is 4.88 Å². The van der Waals surface area contributed by atoms with Gasteiger partial charge in [-0.3, -0.25) is 4.79 Å². The van der Waals surface area contributed by atoms with Crippen LogP contribution in [0.1, 0.15) is 35.4 Å². The number of carbonyl (C=O) groups excluding carboxylic acids is 1. The maximum absolute atomic E-state index is 11.6. The third-order valence-electron chi connectivity index (χ3n) is 2.62. The lowest BCUT2D eigenvalue weighted by Gasteiger charge is -2.25. The molecule has 0 aliphatic heterocycles. The number of carbonyl (C=O) groups is 1. The first kappa shape index (κ1) is 10.5. The zero-order valence-corrected chi connectivity index (χ0v) is 9.04. The summed E-state index contributed by atoms with van der Waals surface area (Å²) in [7, 11) is 0. The van der Waals surface area contributed by atoms with E-state index in [2.05, 4.69) is 14.9 Å². The van der Waals surface area contributed by atoms with E-state index in [1.54, 1.807) is 0 Å². The Morgan fingerprint density at radius 2 is 2.20 bits per heavy atom. The van der Waals surface area contributed by atoms with Crippen LogP contribution in [-0.2, 0) is 0 Å². The van der Waals surface area contributed by atoms with Gasteiger partial charge in [0, 0.05) is 6.04 Å². The summed E-state index contributed by atoms with van der Waals surface area (Å²) in [6.45, 7) is 0. The Morgan fingerprint density at radius 1 is 1.47 bits per heavy atom. The lowest BCUT2D eigenvalue weighted by atomic mass is 9.93. The molecule has 1 fully saturated rings. The Bertz CT molecular complexity index is 320. The number of aliphatic hydroxyl groups excluding tert-OH is 1. The van der Waals surface area contributed by atoms with Crippen LogP contribution in [0.15, 0.2) is 6.20 Å². The SMILES string of the molecule is O=C(NC1CCC(O)CC1)c1cnns1. The van der Waals surface area contributed by atoms with E-state index in [-0.39, 0.29) is 18.1 Å². The third kappa shape index (κ3) is 2.73. The van der Waals surface area contributed by atoms with Crippen LogP contribution in [0.3, 0.4) is 0 Å². The van der Waals surface area contributed by atoms with E-state index in [4.69, 9.17) is 0 Å². The van der Waals surface area contributed by atoms with Gasteiger partial charge in [0.05, 0.1) is 12.3 Å². The molecule has 1 aromatic rings. The Morgan fingerprint density at radius 3 is 2.80 bits per heavy atom. The van der Waals surface area contributed by atoms with E-state index in [9.17, 15) is 9.90 Å². The number of hydrogen-bond donors (Lipinski definition) is 2. The summed E-state index contributed by atoms with van der Waals surface area (Å²) in [6, 6.07) is 0.183. The molecule has 2 rings (SSSR count). The minimum absolute atomic E-state index is 0.105. The van der Waals surface area contributed by atoms with Gasteiger partial charge < -0.3 is 10.4 Å². The highest BCUT2D eigenvalue weighted by atomic mass is 32.1. The van der Waals surface area contributed by atoms with Crippen LogP contribution < -0.4 is 5.32 Å². The molecular formula is C9H13N3O2S. The number of aromatic nitrogens is 2. The van der Waals surface area contributed by atoms with Gasteiger partial charge in [0.15, 0.2) is 0 Å². The van der Waals surface area contributed by atoms with E-state index in [0.717, 1.165) is 37.2 Å². The first-order valence-electron chi connectivity index (χ1n) is 5.02. The van der Waals surface area contributed by atoms with Crippen molar-refractivity contribution in [2.45, 2.75) is 37.8 Å². The molecule has 0 unspecified atom stereocenters. The smallest absolute Gasteiger partial charge is 0.264 e. The monoisotopic (exact) mass is 227 g/mol. The molecule has 0 atom stereocenters. The topological polar surface area (TPSA) is 75.1 Å². The normalized spacial score (nSPS) is 26.2. The molecule has 0 aromatic carbocycles. The van der Waals surface area contributed by atoms with Crippen molar-refractivity contribution >= 4 is 17.4 Å². The lowest BCUT2D eigenvalue weighted by Crippen LogP contribution is -2.38. The second-order valence-electron chi connectivity index (χ2n) is 3.76. The Hall–Kier alpha value is -1.01. The van der Waals surface area contributed by atoms with Crippen molar-refractivity contribution in [3.05, 3.63) is 11.1 Å². The van der Waals surface area contributed by atoms with Crippen LogP contribution in [0.25, 0.3) is 0 Å². The Balaban J connectivity index is 1.85. The van der Waals surface area contributed by atoms with E-state index in [0.29, 0.717) is 4.88 Å². The predicted molar refractivity (Wildman–Crippen MR) is 55.6 cm³/mol. The quantitative estimate of drug-likeness (QED) is 0.774. The molecule has 1 saturated carbocycles. The van der Waals surface area contributed by atoms with Gasteiger partial charge >= 0.3 is 0 Å². The second kappa shape index (κ2) is 4.67. The predicted octanol–water partition coefficient (Wildman–Crippen LogP) is 0.571. The summed E-state index contributed by atoms with van der Waals surface area (Å²) < 4.78 is 3.64. The fourth-order valence-electron chi connectivity index (χ4n) is 1.74. The highest BCUT2D eigenvalue weighted by Crippen LogP contribution is 2.18. The minimum Gasteiger partial charge on any atom is -0.393 e. The molecule has 0 saturated heterocycles. The van der Waals surface area contributed by atoms with Gasteiger partial charge in [0.25, 0.3) is 5.91 Å². The van der Waals surface area contributed by atoms with Crippen LogP contribution in [0.5, 0.6) is 0 Å². The van der Waals surface area contributed by atoms with Gasteiger partial charge in [-0.1, -0.05) is 4.49 Å². The molecule has 2 N–H and O–H groups in total. The first-order valence-corrected chi connectivity index (χ1v) is 5.79. The van der Waals surface area contributed by atoms with E-state index < -0.39 is 0 Å². The minimum atomic E-state index is -0.191. The fraction of sp³-hybridized carbons (Fsp3) is 0.667. The van der Waals surface area contributed by atoms with Crippen LogP contribution in [-0.4, -0.2) is 32.7 Å². The molecule has 15 heavy (non-hydrogen) atoms. The number of rotatable bonds is 2. The van der Waals surface area contributed by atoms with Crippen molar-refractivity contribution in [1.29, 1.82) is 0 Å². The molecule has 1 amide bonds. The van der Waals surface area contributed by atoms with E-state index in [1.807, 2.05) is 0 Å². The molecule has 82 valence electrons. The molecular weight excluding hydrogens is 214 g/mol. The number of aliphatic hydroxyl groups is 1. The molecule has 1 aliphatic carbocycles. The largest absolute Gasteiger partial charge is 0.393 e. The van der Waals surface area contributed by atoms with Crippen LogP contribution in [0.2, 0.25) is 0 Å². The highest BCUT2D eigenvalue weighted by molar-refractivity contribution is 7.07. The summed E-state index contributed by atoms with van der Waals surface area (Å²) >= 11 is 1.10. The van der Waals surface area contributed by atoms with Crippen LogP contribution in [0, 0.1) is 0 Å². The van der Waals surface area contributed by atoms with Crippen molar-refractivity contribution in [1.82, 2.24) is 14.9 Å². The lowest BCUT2D eigenvalue weighted by molar-refractivity contribution is 0.0871. The second-order valence-corrected chi connectivity index (χ2v) is 4.55. The van der Waals surface area contributed by atoms with Crippen molar-refractivity contribution in [3.63, 3.8) is 0 Å². The van der Waals surface area contributed by atoms with Gasteiger partial charge in [-0.2, -0.15) is 0 Å². The number of amides is 1. The summed E-state index contributed by atoms with van der Waals surface area (Å²) in [5, 5.41) is 15.9. The van der Waals surface area contributed by atoms with Crippen molar-refractivity contribution in [3.8, 4) is 0 Å². The average molecular weight is 227 g/mol. The molecule has 6 heteroatoms.